The van der Waals surface area contributed by atoms with Crippen molar-refractivity contribution in [3.63, 3.8) is 0 Å². The molecule has 1 atom stereocenters. The molecular formula is C28H32FN3O4. The molecule has 7 nitrogen and oxygen atoms in total. The average Bonchev–Trinajstić information content (AvgIpc) is 3.13. The molecule has 0 aromatic heterocycles. The standard InChI is InChI=1S/C28H32FN3O4/c1-36-19-18-32-26(34)21-28(27(32)35,23-11-5-6-12-24(23)29)20-25(33)31-16-14-30(15-17-31)13-7-10-22-8-3-2-4-9-22/h2-12H,13-21H2,1H3/b10-7+/t28-/m0/s1. The zero-order valence-electron chi connectivity index (χ0n) is 20.6. The van der Waals surface area contributed by atoms with Crippen LogP contribution in [0.4, 0.5) is 4.39 Å². The van der Waals surface area contributed by atoms with E-state index in [-0.39, 0.29) is 37.5 Å². The summed E-state index contributed by atoms with van der Waals surface area (Å²) in [5.41, 5.74) is -0.301. The highest BCUT2D eigenvalue weighted by Gasteiger charge is 2.55. The highest BCUT2D eigenvalue weighted by atomic mass is 19.1. The first-order chi connectivity index (χ1) is 17.4. The lowest BCUT2D eigenvalue weighted by molar-refractivity contribution is -0.143. The summed E-state index contributed by atoms with van der Waals surface area (Å²) in [4.78, 5) is 44.7. The van der Waals surface area contributed by atoms with E-state index >= 15 is 0 Å². The van der Waals surface area contributed by atoms with Crippen LogP contribution in [0.1, 0.15) is 24.0 Å². The number of carbonyl (C=O) groups is 3. The molecule has 2 aliphatic rings. The van der Waals surface area contributed by atoms with E-state index in [0.717, 1.165) is 17.0 Å². The lowest BCUT2D eigenvalue weighted by Crippen LogP contribution is -2.51. The molecule has 190 valence electrons. The molecule has 3 amide bonds. The maximum Gasteiger partial charge on any atom is 0.241 e. The van der Waals surface area contributed by atoms with Crippen molar-refractivity contribution in [1.82, 2.24) is 14.7 Å². The molecule has 2 fully saturated rings. The van der Waals surface area contributed by atoms with Gasteiger partial charge in [-0.1, -0.05) is 60.7 Å². The van der Waals surface area contributed by atoms with Crippen LogP contribution in [0, 0.1) is 5.82 Å². The minimum Gasteiger partial charge on any atom is -0.383 e. The fourth-order valence-electron chi connectivity index (χ4n) is 4.95. The molecule has 0 saturated carbocycles. The van der Waals surface area contributed by atoms with Crippen LogP contribution in [0.15, 0.2) is 60.7 Å². The second-order valence-electron chi connectivity index (χ2n) is 9.25. The predicted octanol–water partition coefficient (Wildman–Crippen LogP) is 2.72. The fourth-order valence-corrected chi connectivity index (χ4v) is 4.95. The molecule has 2 heterocycles. The number of piperazine rings is 1. The monoisotopic (exact) mass is 493 g/mol. The van der Waals surface area contributed by atoms with E-state index in [2.05, 4.69) is 17.1 Å². The Bertz CT molecular complexity index is 1110. The minimum atomic E-state index is -1.54. The Morgan fingerprint density at radius 3 is 2.42 bits per heavy atom. The van der Waals surface area contributed by atoms with Crippen molar-refractivity contribution in [1.29, 1.82) is 0 Å². The van der Waals surface area contributed by atoms with E-state index in [9.17, 15) is 18.8 Å². The molecule has 4 rings (SSSR count). The number of hydrogen-bond donors (Lipinski definition) is 0. The van der Waals surface area contributed by atoms with Crippen LogP contribution in [0.2, 0.25) is 0 Å². The van der Waals surface area contributed by atoms with Crippen LogP contribution >= 0.6 is 0 Å². The lowest BCUT2D eigenvalue weighted by Gasteiger charge is -2.36. The van der Waals surface area contributed by atoms with Crippen molar-refractivity contribution in [2.45, 2.75) is 18.3 Å². The minimum absolute atomic E-state index is 0.0771. The van der Waals surface area contributed by atoms with E-state index in [1.54, 1.807) is 11.0 Å². The van der Waals surface area contributed by atoms with Gasteiger partial charge in [-0.05, 0) is 11.6 Å². The van der Waals surface area contributed by atoms with Crippen molar-refractivity contribution in [2.24, 2.45) is 0 Å². The van der Waals surface area contributed by atoms with Gasteiger partial charge < -0.3 is 9.64 Å². The third-order valence-corrected chi connectivity index (χ3v) is 6.97. The third-order valence-electron chi connectivity index (χ3n) is 6.97. The first-order valence-electron chi connectivity index (χ1n) is 12.2. The van der Waals surface area contributed by atoms with Gasteiger partial charge in [0.05, 0.1) is 18.6 Å². The van der Waals surface area contributed by atoms with Crippen LogP contribution in [-0.4, -0.2) is 85.4 Å². The Morgan fingerprint density at radius 2 is 1.72 bits per heavy atom. The van der Waals surface area contributed by atoms with Gasteiger partial charge in [-0.15, -0.1) is 0 Å². The molecule has 0 radical (unpaired) electrons. The Hall–Kier alpha value is -3.36. The number of halogens is 1. The molecule has 2 aromatic carbocycles. The first-order valence-corrected chi connectivity index (χ1v) is 12.2. The number of methoxy groups -OCH3 is 1. The Labute approximate surface area is 211 Å². The van der Waals surface area contributed by atoms with Crippen molar-refractivity contribution < 1.29 is 23.5 Å². The zero-order valence-corrected chi connectivity index (χ0v) is 20.6. The molecule has 0 unspecified atom stereocenters. The Morgan fingerprint density at radius 1 is 1.03 bits per heavy atom. The number of ether oxygens (including phenoxy) is 1. The Kier molecular flexibility index (Phi) is 8.28. The fraction of sp³-hybridized carbons (Fsp3) is 0.393. The van der Waals surface area contributed by atoms with E-state index in [4.69, 9.17) is 4.74 Å². The summed E-state index contributed by atoms with van der Waals surface area (Å²) < 4.78 is 19.9. The summed E-state index contributed by atoms with van der Waals surface area (Å²) in [6.45, 7) is 3.46. The summed E-state index contributed by atoms with van der Waals surface area (Å²) in [7, 11) is 1.48. The molecule has 8 heteroatoms. The lowest BCUT2D eigenvalue weighted by atomic mass is 9.75. The van der Waals surface area contributed by atoms with Gasteiger partial charge in [0.2, 0.25) is 17.7 Å². The van der Waals surface area contributed by atoms with Gasteiger partial charge in [0.25, 0.3) is 0 Å². The van der Waals surface area contributed by atoms with Crippen LogP contribution in [0.25, 0.3) is 6.08 Å². The van der Waals surface area contributed by atoms with Crippen LogP contribution in [-0.2, 0) is 24.5 Å². The first kappa shape index (κ1) is 25.7. The summed E-state index contributed by atoms with van der Waals surface area (Å²) in [5.74, 6) is -1.78. The molecule has 36 heavy (non-hydrogen) atoms. The topological polar surface area (TPSA) is 70.2 Å². The van der Waals surface area contributed by atoms with Gasteiger partial charge in [0, 0.05) is 58.2 Å². The van der Waals surface area contributed by atoms with Crippen molar-refractivity contribution in [3.05, 3.63) is 77.6 Å². The van der Waals surface area contributed by atoms with Gasteiger partial charge in [-0.2, -0.15) is 0 Å². The van der Waals surface area contributed by atoms with Gasteiger partial charge in [-0.25, -0.2) is 4.39 Å². The number of amides is 3. The molecule has 2 saturated heterocycles. The molecule has 2 aromatic rings. The number of nitrogens with zero attached hydrogens (tertiary/aromatic N) is 3. The maximum absolute atomic E-state index is 14.9. The largest absolute Gasteiger partial charge is 0.383 e. The molecular weight excluding hydrogens is 461 g/mol. The molecule has 0 N–H and O–H groups in total. The molecule has 0 aliphatic carbocycles. The van der Waals surface area contributed by atoms with Crippen molar-refractivity contribution in [2.75, 3.05) is 53.0 Å². The number of rotatable bonds is 9. The average molecular weight is 494 g/mol. The van der Waals surface area contributed by atoms with Gasteiger partial charge in [0.15, 0.2) is 0 Å². The summed E-state index contributed by atoms with van der Waals surface area (Å²) in [6, 6.07) is 16.0. The smallest absolute Gasteiger partial charge is 0.241 e. The van der Waals surface area contributed by atoms with Crippen LogP contribution in [0.5, 0.6) is 0 Å². The number of benzene rings is 2. The normalized spacial score (nSPS) is 21.1. The third kappa shape index (κ3) is 5.55. The second-order valence-corrected chi connectivity index (χ2v) is 9.25. The van der Waals surface area contributed by atoms with Gasteiger partial charge in [-0.3, -0.25) is 24.2 Å². The highest BCUT2D eigenvalue weighted by molar-refractivity contribution is 6.10. The highest BCUT2D eigenvalue weighted by Crippen LogP contribution is 2.41. The Balaban J connectivity index is 1.43. The quantitative estimate of drug-likeness (QED) is 0.503. The van der Waals surface area contributed by atoms with E-state index < -0.39 is 23.0 Å². The number of imide groups is 1. The SMILES string of the molecule is COCCN1C(=O)C[C@@](CC(=O)N2CCN(C/C=C/c3ccccc3)CC2)(c2ccccc2F)C1=O. The zero-order chi connectivity index (χ0) is 25.5. The molecule has 0 spiro atoms. The van der Waals surface area contributed by atoms with Crippen LogP contribution < -0.4 is 0 Å². The van der Waals surface area contributed by atoms with Crippen molar-refractivity contribution >= 4 is 23.8 Å². The van der Waals surface area contributed by atoms with E-state index in [1.165, 1.54) is 25.3 Å². The maximum atomic E-state index is 14.9. The van der Waals surface area contributed by atoms with Crippen LogP contribution in [0.3, 0.4) is 0 Å². The molecule has 2 aliphatic heterocycles. The van der Waals surface area contributed by atoms with E-state index in [0.29, 0.717) is 26.2 Å². The predicted molar refractivity (Wildman–Crippen MR) is 134 cm³/mol. The second kappa shape index (κ2) is 11.6. The molecule has 0 bridgehead atoms. The van der Waals surface area contributed by atoms with E-state index in [1.807, 2.05) is 30.3 Å². The summed E-state index contributed by atoms with van der Waals surface area (Å²) in [6.07, 6.45) is 3.72. The number of hydrogen-bond acceptors (Lipinski definition) is 5. The summed E-state index contributed by atoms with van der Waals surface area (Å²) >= 11 is 0. The number of carbonyl (C=O) groups excluding carboxylic acids is 3. The van der Waals surface area contributed by atoms with Gasteiger partial charge in [0.1, 0.15) is 5.82 Å². The van der Waals surface area contributed by atoms with Crippen molar-refractivity contribution in [3.8, 4) is 0 Å². The number of likely N-dealkylation sites (tertiary alicyclic amines) is 1. The summed E-state index contributed by atoms with van der Waals surface area (Å²) in [5, 5.41) is 0. The van der Waals surface area contributed by atoms with Gasteiger partial charge >= 0.3 is 0 Å².